The third-order valence-electron chi connectivity index (χ3n) is 4.97. The Morgan fingerprint density at radius 2 is 1.93 bits per heavy atom. The second-order valence-corrected chi connectivity index (χ2v) is 6.74. The van der Waals surface area contributed by atoms with Crippen LogP contribution in [0.15, 0.2) is 59.7 Å². The van der Waals surface area contributed by atoms with Crippen LogP contribution in [-0.2, 0) is 11.8 Å². The summed E-state index contributed by atoms with van der Waals surface area (Å²) in [5.41, 5.74) is 3.85. The molecule has 4 rings (SSSR count). The number of aromatic nitrogens is 3. The molecule has 0 spiro atoms. The summed E-state index contributed by atoms with van der Waals surface area (Å²) in [7, 11) is 1.76. The molecule has 0 unspecified atom stereocenters. The zero-order valence-corrected chi connectivity index (χ0v) is 15.5. The molecule has 1 aliphatic heterocycles. The molecule has 0 bridgehead atoms. The quantitative estimate of drug-likeness (QED) is 0.717. The van der Waals surface area contributed by atoms with Crippen LogP contribution in [0.5, 0.6) is 0 Å². The van der Waals surface area contributed by atoms with Crippen LogP contribution in [0.1, 0.15) is 17.2 Å². The van der Waals surface area contributed by atoms with Gasteiger partial charge >= 0.3 is 0 Å². The summed E-state index contributed by atoms with van der Waals surface area (Å²) in [6.07, 6.45) is 3.37. The van der Waals surface area contributed by atoms with Crippen LogP contribution in [0.3, 0.4) is 0 Å². The Balaban J connectivity index is 1.69. The number of benzene rings is 1. The Labute approximate surface area is 158 Å². The second kappa shape index (κ2) is 7.32. The molecule has 1 aliphatic rings. The van der Waals surface area contributed by atoms with Crippen molar-refractivity contribution in [1.29, 1.82) is 0 Å². The van der Waals surface area contributed by atoms with E-state index < -0.39 is 0 Å². The number of aryl methyl sites for hydroxylation is 1. The van der Waals surface area contributed by atoms with E-state index in [1.165, 1.54) is 11.1 Å². The summed E-state index contributed by atoms with van der Waals surface area (Å²) in [4.78, 5) is 23.5. The monoisotopic (exact) mass is 362 g/mol. The summed E-state index contributed by atoms with van der Waals surface area (Å²) < 4.78 is 7.62. The zero-order chi connectivity index (χ0) is 18.8. The molecule has 0 amide bonds. The molecule has 3 heterocycles. The van der Waals surface area contributed by atoms with Crippen molar-refractivity contribution < 1.29 is 4.74 Å². The summed E-state index contributed by atoms with van der Waals surface area (Å²) in [5, 5.41) is 0. The summed E-state index contributed by atoms with van der Waals surface area (Å²) in [6, 6.07) is 13.5. The topological polar surface area (TPSA) is 60.2 Å². The normalized spacial score (nSPS) is 17.1. The number of morpholine rings is 1. The summed E-state index contributed by atoms with van der Waals surface area (Å²) in [6.45, 7) is 4.04. The van der Waals surface area contributed by atoms with Crippen molar-refractivity contribution in [2.75, 3.05) is 24.6 Å². The third kappa shape index (κ3) is 3.48. The first kappa shape index (κ1) is 17.4. The first-order chi connectivity index (χ1) is 13.1. The van der Waals surface area contributed by atoms with Crippen molar-refractivity contribution in [3.63, 3.8) is 0 Å². The number of anilines is 1. The van der Waals surface area contributed by atoms with Crippen molar-refractivity contribution in [1.82, 2.24) is 14.5 Å². The van der Waals surface area contributed by atoms with Crippen molar-refractivity contribution in [2.45, 2.75) is 13.0 Å². The van der Waals surface area contributed by atoms with Crippen molar-refractivity contribution in [3.8, 4) is 11.3 Å². The van der Waals surface area contributed by atoms with Gasteiger partial charge in [0, 0.05) is 37.6 Å². The van der Waals surface area contributed by atoms with E-state index in [-0.39, 0.29) is 11.7 Å². The molecular weight excluding hydrogens is 340 g/mol. The van der Waals surface area contributed by atoms with Crippen LogP contribution in [0.2, 0.25) is 0 Å². The van der Waals surface area contributed by atoms with Crippen LogP contribution < -0.4 is 10.5 Å². The predicted octanol–water partition coefficient (Wildman–Crippen LogP) is 2.73. The van der Waals surface area contributed by atoms with E-state index in [9.17, 15) is 4.79 Å². The lowest BCUT2D eigenvalue weighted by Crippen LogP contribution is -2.41. The average molecular weight is 362 g/mol. The largest absolute Gasteiger partial charge is 0.370 e. The maximum absolute atomic E-state index is 12.5. The lowest BCUT2D eigenvalue weighted by Gasteiger charge is -2.35. The molecule has 1 saturated heterocycles. The highest BCUT2D eigenvalue weighted by atomic mass is 16.5. The van der Waals surface area contributed by atoms with Crippen molar-refractivity contribution in [2.24, 2.45) is 7.05 Å². The van der Waals surface area contributed by atoms with Crippen LogP contribution in [0.4, 0.5) is 5.95 Å². The Kier molecular flexibility index (Phi) is 4.73. The summed E-state index contributed by atoms with van der Waals surface area (Å²) >= 11 is 0. The van der Waals surface area contributed by atoms with Gasteiger partial charge in [-0.1, -0.05) is 24.3 Å². The van der Waals surface area contributed by atoms with Gasteiger partial charge in [-0.25, -0.2) is 4.98 Å². The minimum atomic E-state index is -0.0780. The van der Waals surface area contributed by atoms with Gasteiger partial charge in [0.05, 0.1) is 18.8 Å². The van der Waals surface area contributed by atoms with Crippen molar-refractivity contribution >= 4 is 5.95 Å². The van der Waals surface area contributed by atoms with E-state index in [1.54, 1.807) is 30.1 Å². The highest BCUT2D eigenvalue weighted by molar-refractivity contribution is 5.59. The fourth-order valence-electron chi connectivity index (χ4n) is 3.45. The standard InChI is InChI=1S/C21H22N4O2/c1-15-5-3-4-6-17(15)19-14-25(11-12-27-19)21-23-18(13-20(26)24(21)2)16-7-9-22-10-8-16/h3-10,13,19H,11-12,14H2,1-2H3/t19-/m1/s1. The number of nitrogens with zero attached hydrogens (tertiary/aromatic N) is 4. The Morgan fingerprint density at radius 1 is 1.15 bits per heavy atom. The molecular formula is C21H22N4O2. The minimum Gasteiger partial charge on any atom is -0.370 e. The Morgan fingerprint density at radius 3 is 2.70 bits per heavy atom. The van der Waals surface area contributed by atoms with Gasteiger partial charge in [-0.15, -0.1) is 0 Å². The van der Waals surface area contributed by atoms with Gasteiger partial charge in [0.15, 0.2) is 0 Å². The van der Waals surface area contributed by atoms with Crippen LogP contribution >= 0.6 is 0 Å². The van der Waals surface area contributed by atoms with E-state index in [0.717, 1.165) is 5.56 Å². The lowest BCUT2D eigenvalue weighted by atomic mass is 10.0. The highest BCUT2D eigenvalue weighted by Gasteiger charge is 2.26. The molecule has 0 aliphatic carbocycles. The smallest absolute Gasteiger partial charge is 0.255 e. The van der Waals surface area contributed by atoms with E-state index in [0.29, 0.717) is 31.3 Å². The van der Waals surface area contributed by atoms with Crippen LogP contribution in [0.25, 0.3) is 11.3 Å². The van der Waals surface area contributed by atoms with Crippen LogP contribution in [-0.4, -0.2) is 34.2 Å². The van der Waals surface area contributed by atoms with Gasteiger partial charge in [-0.2, -0.15) is 0 Å². The van der Waals surface area contributed by atoms with Crippen molar-refractivity contribution in [3.05, 3.63) is 76.3 Å². The second-order valence-electron chi connectivity index (χ2n) is 6.74. The average Bonchev–Trinajstić information content (AvgIpc) is 2.71. The van der Waals surface area contributed by atoms with Crippen LogP contribution in [0, 0.1) is 6.92 Å². The third-order valence-corrected chi connectivity index (χ3v) is 4.97. The van der Waals surface area contributed by atoms with Gasteiger partial charge < -0.3 is 9.64 Å². The highest BCUT2D eigenvalue weighted by Crippen LogP contribution is 2.27. The molecule has 6 heteroatoms. The number of hydrogen-bond acceptors (Lipinski definition) is 5. The summed E-state index contributed by atoms with van der Waals surface area (Å²) in [5.74, 6) is 0.663. The fraction of sp³-hybridized carbons (Fsp3) is 0.286. The SMILES string of the molecule is Cc1ccccc1[C@H]1CN(c2nc(-c3ccncc3)cc(=O)n2C)CCO1. The predicted molar refractivity (Wildman–Crippen MR) is 105 cm³/mol. The first-order valence-corrected chi connectivity index (χ1v) is 9.04. The lowest BCUT2D eigenvalue weighted by molar-refractivity contribution is 0.0386. The molecule has 1 fully saturated rings. The zero-order valence-electron chi connectivity index (χ0n) is 15.5. The molecule has 1 aromatic carbocycles. The molecule has 138 valence electrons. The van der Waals surface area contributed by atoms with Gasteiger partial charge in [-0.3, -0.25) is 14.3 Å². The Bertz CT molecular complexity index is 1000. The van der Waals surface area contributed by atoms with E-state index in [2.05, 4.69) is 28.9 Å². The maximum Gasteiger partial charge on any atom is 0.255 e. The Hall–Kier alpha value is -2.99. The van der Waals surface area contributed by atoms with E-state index >= 15 is 0 Å². The number of hydrogen-bond donors (Lipinski definition) is 0. The van der Waals surface area contributed by atoms with Gasteiger partial charge in [0.2, 0.25) is 5.95 Å². The molecule has 6 nitrogen and oxygen atoms in total. The molecule has 0 saturated carbocycles. The molecule has 0 radical (unpaired) electrons. The van der Waals surface area contributed by atoms with Gasteiger partial charge in [0.25, 0.3) is 5.56 Å². The fourth-order valence-corrected chi connectivity index (χ4v) is 3.45. The maximum atomic E-state index is 12.5. The molecule has 27 heavy (non-hydrogen) atoms. The molecule has 2 aromatic heterocycles. The van der Waals surface area contributed by atoms with E-state index in [1.807, 2.05) is 24.3 Å². The number of ether oxygens (including phenoxy) is 1. The number of rotatable bonds is 3. The first-order valence-electron chi connectivity index (χ1n) is 9.04. The van der Waals surface area contributed by atoms with Gasteiger partial charge in [0.1, 0.15) is 6.10 Å². The van der Waals surface area contributed by atoms with E-state index in [4.69, 9.17) is 9.72 Å². The molecule has 0 N–H and O–H groups in total. The minimum absolute atomic E-state index is 0.0403. The van der Waals surface area contributed by atoms with Gasteiger partial charge in [-0.05, 0) is 30.2 Å². The number of pyridine rings is 1. The molecule has 3 aromatic rings. The molecule has 1 atom stereocenters.